The summed E-state index contributed by atoms with van der Waals surface area (Å²) in [5.74, 6) is 0. The van der Waals surface area contributed by atoms with Crippen LogP contribution in [0.2, 0.25) is 0 Å². The average Bonchev–Trinajstić information content (AvgIpc) is 2.16. The molecule has 0 amide bonds. The molecule has 0 saturated heterocycles. The number of hydrogen-bond acceptors (Lipinski definition) is 2. The van der Waals surface area contributed by atoms with Crippen LogP contribution in [0, 0.1) is 0 Å². The van der Waals surface area contributed by atoms with Gasteiger partial charge in [0, 0.05) is 13.1 Å². The van der Waals surface area contributed by atoms with Gasteiger partial charge in [0.25, 0.3) is 0 Å². The lowest BCUT2D eigenvalue weighted by Gasteiger charge is -1.94. The fourth-order valence-corrected chi connectivity index (χ4v) is 0.937. The van der Waals surface area contributed by atoms with Crippen molar-refractivity contribution < 1.29 is 0 Å². The van der Waals surface area contributed by atoms with E-state index in [1.807, 2.05) is 6.20 Å². The molecule has 1 aliphatic rings. The normalized spacial score (nSPS) is 28.3. The van der Waals surface area contributed by atoms with Gasteiger partial charge in [-0.2, -0.15) is 0 Å². The molecule has 1 rings (SSSR count). The lowest BCUT2D eigenvalue weighted by atomic mass is 10.2. The first-order chi connectivity index (χ1) is 5.43. The third-order valence-electron chi connectivity index (χ3n) is 1.56. The van der Waals surface area contributed by atoms with Crippen LogP contribution in [0.25, 0.3) is 0 Å². The molecule has 0 spiro atoms. The molecule has 1 aliphatic heterocycles. The Morgan fingerprint density at radius 1 is 1.45 bits per heavy atom. The third kappa shape index (κ3) is 3.05. The van der Waals surface area contributed by atoms with Gasteiger partial charge in [-0.15, -0.1) is 0 Å². The second-order valence-electron chi connectivity index (χ2n) is 2.43. The van der Waals surface area contributed by atoms with E-state index in [0.717, 1.165) is 13.0 Å². The zero-order chi connectivity index (χ0) is 7.94. The number of hydrogen-bond donors (Lipinski definition) is 2. The van der Waals surface area contributed by atoms with Gasteiger partial charge in [-0.3, -0.25) is 0 Å². The van der Waals surface area contributed by atoms with Crippen molar-refractivity contribution in [1.29, 1.82) is 0 Å². The molecule has 0 saturated carbocycles. The Bertz CT molecular complexity index is 190. The molecular weight excluding hydrogens is 136 g/mol. The van der Waals surface area contributed by atoms with E-state index in [4.69, 9.17) is 5.73 Å². The van der Waals surface area contributed by atoms with Crippen LogP contribution in [0.15, 0.2) is 36.1 Å². The van der Waals surface area contributed by atoms with E-state index in [-0.39, 0.29) is 0 Å². The number of rotatable bonds is 1. The zero-order valence-electron chi connectivity index (χ0n) is 6.59. The van der Waals surface area contributed by atoms with Crippen LogP contribution in [-0.4, -0.2) is 13.1 Å². The Morgan fingerprint density at radius 3 is 3.18 bits per heavy atom. The number of nitrogens with two attached hydrogens (primary N) is 1. The minimum Gasteiger partial charge on any atom is -0.388 e. The first-order valence-corrected chi connectivity index (χ1v) is 3.87. The molecule has 0 aromatic carbocycles. The summed E-state index contributed by atoms with van der Waals surface area (Å²) in [6, 6.07) is 0. The van der Waals surface area contributed by atoms with Crippen LogP contribution in [0.4, 0.5) is 0 Å². The van der Waals surface area contributed by atoms with Crippen molar-refractivity contribution in [2.24, 2.45) is 5.73 Å². The summed E-state index contributed by atoms with van der Waals surface area (Å²) >= 11 is 0. The van der Waals surface area contributed by atoms with Gasteiger partial charge in [0.15, 0.2) is 0 Å². The van der Waals surface area contributed by atoms with E-state index in [9.17, 15) is 0 Å². The third-order valence-corrected chi connectivity index (χ3v) is 1.56. The SMILES string of the molecule is NCC1=C/C/C=C\NC/C=C\1. The minimum absolute atomic E-state index is 0.629. The van der Waals surface area contributed by atoms with Crippen LogP contribution < -0.4 is 11.1 Å². The fourth-order valence-electron chi connectivity index (χ4n) is 0.937. The fraction of sp³-hybridized carbons (Fsp3) is 0.333. The van der Waals surface area contributed by atoms with Gasteiger partial charge in [-0.25, -0.2) is 0 Å². The van der Waals surface area contributed by atoms with Crippen LogP contribution >= 0.6 is 0 Å². The maximum atomic E-state index is 5.51. The Balaban J connectivity index is 2.59. The first-order valence-electron chi connectivity index (χ1n) is 3.87. The van der Waals surface area contributed by atoms with Gasteiger partial charge in [0.05, 0.1) is 0 Å². The summed E-state index contributed by atoms with van der Waals surface area (Å²) in [6.45, 7) is 1.51. The van der Waals surface area contributed by atoms with Crippen molar-refractivity contribution in [2.75, 3.05) is 13.1 Å². The monoisotopic (exact) mass is 150 g/mol. The van der Waals surface area contributed by atoms with E-state index in [1.54, 1.807) is 0 Å². The smallest absolute Gasteiger partial charge is 0.0328 e. The molecule has 1 heterocycles. The molecule has 0 aromatic heterocycles. The van der Waals surface area contributed by atoms with Gasteiger partial charge in [0.1, 0.15) is 0 Å². The first kappa shape index (κ1) is 8.08. The van der Waals surface area contributed by atoms with E-state index >= 15 is 0 Å². The second kappa shape index (κ2) is 4.74. The van der Waals surface area contributed by atoms with E-state index in [0.29, 0.717) is 6.54 Å². The maximum Gasteiger partial charge on any atom is 0.0328 e. The Morgan fingerprint density at radius 2 is 2.36 bits per heavy atom. The average molecular weight is 150 g/mol. The second-order valence-corrected chi connectivity index (χ2v) is 2.43. The molecule has 2 heteroatoms. The summed E-state index contributed by atoms with van der Waals surface area (Å²) in [5, 5.41) is 3.13. The van der Waals surface area contributed by atoms with Crippen molar-refractivity contribution in [2.45, 2.75) is 6.42 Å². The number of nitrogens with one attached hydrogen (secondary N) is 1. The van der Waals surface area contributed by atoms with Gasteiger partial charge in [0.2, 0.25) is 0 Å². The van der Waals surface area contributed by atoms with Crippen LogP contribution in [0.5, 0.6) is 0 Å². The minimum atomic E-state index is 0.629. The molecule has 0 atom stereocenters. The maximum absolute atomic E-state index is 5.51. The van der Waals surface area contributed by atoms with E-state index in [1.165, 1.54) is 5.57 Å². The van der Waals surface area contributed by atoms with Crippen LogP contribution in [-0.2, 0) is 0 Å². The summed E-state index contributed by atoms with van der Waals surface area (Å²) < 4.78 is 0. The summed E-state index contributed by atoms with van der Waals surface area (Å²) in [6.07, 6.45) is 11.3. The van der Waals surface area contributed by atoms with E-state index in [2.05, 4.69) is 29.6 Å². The Kier molecular flexibility index (Phi) is 3.48. The lowest BCUT2D eigenvalue weighted by Crippen LogP contribution is -2.04. The van der Waals surface area contributed by atoms with Gasteiger partial charge in [-0.05, 0) is 18.2 Å². The lowest BCUT2D eigenvalue weighted by molar-refractivity contribution is 0.980. The molecule has 0 bridgehead atoms. The Labute approximate surface area is 67.5 Å². The van der Waals surface area contributed by atoms with Crippen molar-refractivity contribution in [3.05, 3.63) is 36.1 Å². The summed E-state index contributed by atoms with van der Waals surface area (Å²) in [5.41, 5.74) is 6.72. The predicted octanol–water partition coefficient (Wildman–Crippen LogP) is 0.935. The molecule has 11 heavy (non-hydrogen) atoms. The number of allylic oxidation sites excluding steroid dienone is 2. The standard InChI is InChI=1S/C9H14N2/c10-8-9-4-1-2-6-11-7-3-5-9/h2-6,11H,1,7-8,10H2/b5-3-,6-2-,9-4+. The van der Waals surface area contributed by atoms with Crippen LogP contribution in [0.3, 0.4) is 0 Å². The zero-order valence-corrected chi connectivity index (χ0v) is 6.59. The molecule has 0 radical (unpaired) electrons. The van der Waals surface area contributed by atoms with Crippen molar-refractivity contribution in [3.8, 4) is 0 Å². The molecule has 0 aromatic rings. The molecule has 3 N–H and O–H groups in total. The van der Waals surface area contributed by atoms with Crippen molar-refractivity contribution in [3.63, 3.8) is 0 Å². The molecule has 0 unspecified atom stereocenters. The summed E-state index contributed by atoms with van der Waals surface area (Å²) in [4.78, 5) is 0. The van der Waals surface area contributed by atoms with Crippen LogP contribution in [0.1, 0.15) is 6.42 Å². The summed E-state index contributed by atoms with van der Waals surface area (Å²) in [7, 11) is 0. The van der Waals surface area contributed by atoms with Crippen molar-refractivity contribution in [1.82, 2.24) is 5.32 Å². The molecule has 0 fully saturated rings. The quantitative estimate of drug-likeness (QED) is 0.583. The molecule has 60 valence electrons. The molecular formula is C9H14N2. The van der Waals surface area contributed by atoms with E-state index < -0.39 is 0 Å². The highest BCUT2D eigenvalue weighted by Crippen LogP contribution is 1.98. The molecule has 0 aliphatic carbocycles. The highest BCUT2D eigenvalue weighted by molar-refractivity contribution is 5.21. The molecule has 2 nitrogen and oxygen atoms in total. The Hall–Kier alpha value is -1.02. The highest BCUT2D eigenvalue weighted by atomic mass is 14.8. The highest BCUT2D eigenvalue weighted by Gasteiger charge is 1.87. The largest absolute Gasteiger partial charge is 0.388 e. The predicted molar refractivity (Wildman–Crippen MR) is 48.0 cm³/mol. The van der Waals surface area contributed by atoms with Crippen molar-refractivity contribution >= 4 is 0 Å². The van der Waals surface area contributed by atoms with Gasteiger partial charge in [-0.1, -0.05) is 24.3 Å². The van der Waals surface area contributed by atoms with Gasteiger partial charge >= 0.3 is 0 Å². The topological polar surface area (TPSA) is 38.0 Å². The van der Waals surface area contributed by atoms with Gasteiger partial charge < -0.3 is 11.1 Å².